The fraction of sp³-hybridized carbons (Fsp3) is 0.137. The van der Waals surface area contributed by atoms with Crippen LogP contribution >= 0.6 is 0 Å². The summed E-state index contributed by atoms with van der Waals surface area (Å²) < 4.78 is 13.5. The number of anilines is 5. The van der Waals surface area contributed by atoms with Crippen molar-refractivity contribution in [1.29, 1.82) is 0 Å². The third-order valence-corrected chi connectivity index (χ3v) is 12.0. The van der Waals surface area contributed by atoms with Gasteiger partial charge in [0.2, 0.25) is 0 Å². The standard InChI is InChI=1S/C51H42N2O2/c1-28-11-8-14-44(32(28)5)52-39-19-17-35-25-43-48(26-37(35)22-39)54-50-31(4)21-42-41-24-36-18-20-40(23-38(36)27-47(41)55-51(42)49(43)50)53(45-15-9-12-29(2)33(45)6)46-16-10-13-30(3)34(46)7/h8-27,52H,1-7H3. The van der Waals surface area contributed by atoms with E-state index in [1.807, 2.05) is 0 Å². The zero-order chi connectivity index (χ0) is 37.7. The van der Waals surface area contributed by atoms with Crippen LogP contribution in [0, 0.1) is 48.5 Å². The monoisotopic (exact) mass is 714 g/mol. The Morgan fingerprint density at radius 3 is 1.73 bits per heavy atom. The molecule has 0 atom stereocenters. The first-order valence-corrected chi connectivity index (χ1v) is 19.1. The van der Waals surface area contributed by atoms with E-state index in [1.54, 1.807) is 0 Å². The van der Waals surface area contributed by atoms with Crippen molar-refractivity contribution < 1.29 is 8.83 Å². The summed E-state index contributed by atoms with van der Waals surface area (Å²) >= 11 is 0. The third-order valence-electron chi connectivity index (χ3n) is 12.0. The van der Waals surface area contributed by atoms with Crippen LogP contribution in [-0.4, -0.2) is 0 Å². The van der Waals surface area contributed by atoms with Gasteiger partial charge in [0.05, 0.1) is 5.39 Å². The molecule has 8 aromatic carbocycles. The molecular weight excluding hydrogens is 673 g/mol. The molecule has 0 saturated carbocycles. The summed E-state index contributed by atoms with van der Waals surface area (Å²) in [5.41, 5.74) is 17.8. The number of aryl methyl sites for hydroxylation is 4. The fourth-order valence-corrected chi connectivity index (χ4v) is 8.42. The quantitative estimate of drug-likeness (QED) is 0.193. The Hall–Kier alpha value is -6.52. The summed E-state index contributed by atoms with van der Waals surface area (Å²) in [6.45, 7) is 15.2. The Morgan fingerprint density at radius 1 is 0.436 bits per heavy atom. The number of hydrogen-bond acceptors (Lipinski definition) is 4. The second kappa shape index (κ2) is 12.3. The highest BCUT2D eigenvalue weighted by Gasteiger charge is 2.22. The van der Waals surface area contributed by atoms with Crippen molar-refractivity contribution in [2.45, 2.75) is 48.5 Å². The first-order chi connectivity index (χ1) is 26.6. The molecule has 2 heterocycles. The van der Waals surface area contributed by atoms with E-state index in [0.29, 0.717) is 0 Å². The van der Waals surface area contributed by atoms with Gasteiger partial charge < -0.3 is 19.1 Å². The Labute approximate surface area is 320 Å². The van der Waals surface area contributed by atoms with Crippen molar-refractivity contribution in [2.75, 3.05) is 10.2 Å². The first kappa shape index (κ1) is 33.1. The summed E-state index contributed by atoms with van der Waals surface area (Å²) in [5.74, 6) is 0. The Bertz CT molecular complexity index is 3160. The number of rotatable bonds is 5. The molecule has 2 aromatic heterocycles. The van der Waals surface area contributed by atoms with Crippen molar-refractivity contribution in [3.05, 3.63) is 160 Å². The molecule has 0 radical (unpaired) electrons. The summed E-state index contributed by atoms with van der Waals surface area (Å²) in [6.07, 6.45) is 0. The van der Waals surface area contributed by atoms with Crippen LogP contribution in [-0.2, 0) is 0 Å². The van der Waals surface area contributed by atoms with Crippen LogP contribution in [0.3, 0.4) is 0 Å². The molecule has 0 unspecified atom stereocenters. The van der Waals surface area contributed by atoms with E-state index >= 15 is 0 Å². The van der Waals surface area contributed by atoms with E-state index in [4.69, 9.17) is 8.83 Å². The predicted octanol–water partition coefficient (Wildman–Crippen LogP) is 15.2. The van der Waals surface area contributed by atoms with E-state index in [2.05, 4.69) is 180 Å². The summed E-state index contributed by atoms with van der Waals surface area (Å²) in [4.78, 5) is 2.41. The second-order valence-corrected chi connectivity index (χ2v) is 15.4. The van der Waals surface area contributed by atoms with Gasteiger partial charge in [0.25, 0.3) is 0 Å². The molecule has 10 aromatic rings. The number of benzene rings is 8. The van der Waals surface area contributed by atoms with Gasteiger partial charge in [-0.15, -0.1) is 0 Å². The van der Waals surface area contributed by atoms with Gasteiger partial charge >= 0.3 is 0 Å². The molecule has 0 spiro atoms. The molecule has 0 amide bonds. The van der Waals surface area contributed by atoms with Crippen molar-refractivity contribution in [2.24, 2.45) is 0 Å². The number of fused-ring (bicyclic) bond motifs is 9. The van der Waals surface area contributed by atoms with Crippen molar-refractivity contribution in [3.63, 3.8) is 0 Å². The van der Waals surface area contributed by atoms with Gasteiger partial charge in [-0.05, 0) is 182 Å². The van der Waals surface area contributed by atoms with Crippen LogP contribution in [0.2, 0.25) is 0 Å². The first-order valence-electron chi connectivity index (χ1n) is 19.1. The minimum absolute atomic E-state index is 0.857. The van der Waals surface area contributed by atoms with Crippen LogP contribution < -0.4 is 10.2 Å². The van der Waals surface area contributed by atoms with Crippen LogP contribution in [0.1, 0.15) is 38.9 Å². The van der Waals surface area contributed by atoms with Crippen molar-refractivity contribution >= 4 is 93.9 Å². The lowest BCUT2D eigenvalue weighted by Gasteiger charge is -2.30. The van der Waals surface area contributed by atoms with Gasteiger partial charge in [-0.2, -0.15) is 0 Å². The number of nitrogens with zero attached hydrogens (tertiary/aromatic N) is 1. The molecule has 1 N–H and O–H groups in total. The summed E-state index contributed by atoms with van der Waals surface area (Å²) in [6, 6.07) is 44.0. The molecule has 268 valence electrons. The molecule has 0 aliphatic carbocycles. The Balaban J connectivity index is 1.12. The SMILES string of the molecule is Cc1cccc(Nc2ccc3cc4c(cc3c2)oc2c(C)cc3c5cc6ccc(N(c7cccc(C)c7C)c7cccc(C)c7C)cc6cc5oc3c24)c1C. The lowest BCUT2D eigenvalue weighted by atomic mass is 10.00. The Kier molecular flexibility index (Phi) is 7.37. The van der Waals surface area contributed by atoms with E-state index in [9.17, 15) is 0 Å². The van der Waals surface area contributed by atoms with Crippen molar-refractivity contribution in [3.8, 4) is 0 Å². The van der Waals surface area contributed by atoms with Crippen LogP contribution in [0.25, 0.3) is 65.4 Å². The second-order valence-electron chi connectivity index (χ2n) is 15.4. The minimum Gasteiger partial charge on any atom is -0.456 e. The van der Waals surface area contributed by atoms with Crippen LogP contribution in [0.4, 0.5) is 28.4 Å². The maximum atomic E-state index is 6.87. The third kappa shape index (κ3) is 5.20. The zero-order valence-corrected chi connectivity index (χ0v) is 32.3. The molecule has 10 rings (SSSR count). The molecular formula is C51H42N2O2. The highest BCUT2D eigenvalue weighted by Crippen LogP contribution is 2.45. The van der Waals surface area contributed by atoms with Gasteiger partial charge in [0.15, 0.2) is 0 Å². The van der Waals surface area contributed by atoms with Gasteiger partial charge in [-0.3, -0.25) is 0 Å². The van der Waals surface area contributed by atoms with E-state index < -0.39 is 0 Å². The zero-order valence-electron chi connectivity index (χ0n) is 32.3. The normalized spacial score (nSPS) is 11.9. The minimum atomic E-state index is 0.857. The topological polar surface area (TPSA) is 41.6 Å². The lowest BCUT2D eigenvalue weighted by Crippen LogP contribution is -2.13. The Morgan fingerprint density at radius 2 is 1.02 bits per heavy atom. The number of nitrogens with one attached hydrogen (secondary N) is 1. The molecule has 4 heteroatoms. The maximum absolute atomic E-state index is 6.87. The number of furan rings is 2. The van der Waals surface area contributed by atoms with Crippen LogP contribution in [0.15, 0.2) is 130 Å². The molecule has 4 nitrogen and oxygen atoms in total. The molecule has 0 saturated heterocycles. The maximum Gasteiger partial charge on any atom is 0.147 e. The highest BCUT2D eigenvalue weighted by molar-refractivity contribution is 6.25. The molecule has 0 fully saturated rings. The summed E-state index contributed by atoms with van der Waals surface area (Å²) in [7, 11) is 0. The molecule has 0 bridgehead atoms. The average molecular weight is 715 g/mol. The van der Waals surface area contributed by atoms with E-state index in [1.165, 1.54) is 50.1 Å². The van der Waals surface area contributed by atoms with Crippen LogP contribution in [0.5, 0.6) is 0 Å². The van der Waals surface area contributed by atoms with Gasteiger partial charge in [-0.25, -0.2) is 0 Å². The highest BCUT2D eigenvalue weighted by atomic mass is 16.3. The molecule has 0 aliphatic rings. The summed E-state index contributed by atoms with van der Waals surface area (Å²) in [5, 5.41) is 12.5. The smallest absolute Gasteiger partial charge is 0.147 e. The largest absolute Gasteiger partial charge is 0.456 e. The molecule has 55 heavy (non-hydrogen) atoms. The van der Waals surface area contributed by atoms with E-state index in [0.717, 1.165) is 82.7 Å². The average Bonchev–Trinajstić information content (AvgIpc) is 3.72. The van der Waals surface area contributed by atoms with Gasteiger partial charge in [0.1, 0.15) is 22.3 Å². The molecule has 0 aliphatic heterocycles. The van der Waals surface area contributed by atoms with Crippen molar-refractivity contribution in [1.82, 2.24) is 0 Å². The predicted molar refractivity (Wildman–Crippen MR) is 234 cm³/mol. The number of hydrogen-bond donors (Lipinski definition) is 1. The van der Waals surface area contributed by atoms with Gasteiger partial charge in [-0.1, -0.05) is 48.5 Å². The van der Waals surface area contributed by atoms with Gasteiger partial charge in [0, 0.05) is 44.6 Å². The van der Waals surface area contributed by atoms with E-state index in [-0.39, 0.29) is 0 Å². The fourth-order valence-electron chi connectivity index (χ4n) is 8.42. The lowest BCUT2D eigenvalue weighted by molar-refractivity contribution is 0.661.